The zero-order chi connectivity index (χ0) is 19.7. The maximum absolute atomic E-state index is 12.8. The minimum absolute atomic E-state index is 0.250. The lowest BCUT2D eigenvalue weighted by molar-refractivity contribution is 0.0327. The normalized spacial score (nSPS) is 12.1. The Labute approximate surface area is 165 Å². The summed E-state index contributed by atoms with van der Waals surface area (Å²) >= 11 is 1.33. The Morgan fingerprint density at radius 2 is 1.86 bits per heavy atom. The molecule has 0 radical (unpaired) electrons. The van der Waals surface area contributed by atoms with Crippen LogP contribution >= 0.6 is 11.3 Å². The average molecular weight is 390 g/mol. The number of hydrogen-bond acceptors (Lipinski definition) is 5. The Bertz CT molecular complexity index is 1210. The molecule has 0 amide bonds. The number of aromatic nitrogens is 2. The number of H-pyrrole nitrogens is 1. The molecular formula is C22H18N2O3S. The molecule has 5 nitrogen and oxygen atoms in total. The van der Waals surface area contributed by atoms with Crippen LogP contribution < -0.4 is 5.56 Å². The van der Waals surface area contributed by atoms with Gasteiger partial charge < -0.3 is 9.72 Å². The predicted octanol–water partition coefficient (Wildman–Crippen LogP) is 4.88. The number of ether oxygens (including phenoxy) is 1. The van der Waals surface area contributed by atoms with Gasteiger partial charge in [-0.05, 0) is 43.0 Å². The first-order valence-electron chi connectivity index (χ1n) is 8.87. The number of para-hydroxylation sites is 1. The van der Waals surface area contributed by atoms with Gasteiger partial charge in [-0.25, -0.2) is 9.78 Å². The highest BCUT2D eigenvalue weighted by atomic mass is 32.1. The third kappa shape index (κ3) is 3.46. The standard InChI is InChI=1S/C22H18N2O3S/c1-13-7-9-15(10-8-13)16-11-12-28-19(16)22(26)27-14(2)20-23-18-6-4-3-5-17(18)21(25)24-20/h3-12,14H,1-2H3,(H,23,24,25)/t14-/m0/s1. The Morgan fingerprint density at radius 1 is 1.11 bits per heavy atom. The Kier molecular flexibility index (Phi) is 4.79. The first kappa shape index (κ1) is 18.1. The summed E-state index contributed by atoms with van der Waals surface area (Å²) in [7, 11) is 0. The van der Waals surface area contributed by atoms with Crippen molar-refractivity contribution in [2.75, 3.05) is 0 Å². The van der Waals surface area contributed by atoms with Gasteiger partial charge >= 0.3 is 5.97 Å². The number of benzene rings is 2. The van der Waals surface area contributed by atoms with Crippen LogP contribution in [0.3, 0.4) is 0 Å². The SMILES string of the molecule is Cc1ccc(-c2ccsc2C(=O)O[C@@H](C)c2nc3ccccc3c(=O)[nH]2)cc1. The van der Waals surface area contributed by atoms with E-state index in [-0.39, 0.29) is 5.56 Å². The van der Waals surface area contributed by atoms with Gasteiger partial charge in [0.2, 0.25) is 0 Å². The summed E-state index contributed by atoms with van der Waals surface area (Å²) in [6, 6.07) is 17.0. The fourth-order valence-electron chi connectivity index (χ4n) is 2.99. The molecule has 1 atom stereocenters. The predicted molar refractivity (Wildman–Crippen MR) is 111 cm³/mol. The summed E-state index contributed by atoms with van der Waals surface area (Å²) in [5.74, 6) is -0.112. The third-order valence-corrected chi connectivity index (χ3v) is 5.41. The van der Waals surface area contributed by atoms with Gasteiger partial charge in [0.25, 0.3) is 5.56 Å². The average Bonchev–Trinajstić information content (AvgIpc) is 3.18. The van der Waals surface area contributed by atoms with Crippen LogP contribution in [0.2, 0.25) is 0 Å². The molecule has 0 aliphatic rings. The van der Waals surface area contributed by atoms with Crippen molar-refractivity contribution in [3.8, 4) is 11.1 Å². The van der Waals surface area contributed by atoms with Crippen molar-refractivity contribution < 1.29 is 9.53 Å². The molecule has 0 saturated heterocycles. The second kappa shape index (κ2) is 7.40. The number of aromatic amines is 1. The van der Waals surface area contributed by atoms with E-state index in [0.29, 0.717) is 21.6 Å². The molecule has 0 aliphatic carbocycles. The number of nitrogens with one attached hydrogen (secondary N) is 1. The summed E-state index contributed by atoms with van der Waals surface area (Å²) in [5.41, 5.74) is 3.27. The van der Waals surface area contributed by atoms with Crippen LogP contribution in [0.25, 0.3) is 22.0 Å². The van der Waals surface area contributed by atoms with E-state index in [1.807, 2.05) is 48.7 Å². The molecule has 0 bridgehead atoms. The number of carbonyl (C=O) groups excluding carboxylic acids is 1. The number of rotatable bonds is 4. The van der Waals surface area contributed by atoms with E-state index in [1.165, 1.54) is 11.3 Å². The van der Waals surface area contributed by atoms with E-state index < -0.39 is 12.1 Å². The fraction of sp³-hybridized carbons (Fsp3) is 0.136. The second-order valence-corrected chi connectivity index (χ2v) is 7.46. The van der Waals surface area contributed by atoms with Crippen molar-refractivity contribution in [2.24, 2.45) is 0 Å². The highest BCUT2D eigenvalue weighted by Crippen LogP contribution is 2.30. The second-order valence-electron chi connectivity index (χ2n) is 6.55. The molecule has 28 heavy (non-hydrogen) atoms. The number of esters is 1. The van der Waals surface area contributed by atoms with Crippen molar-refractivity contribution in [1.29, 1.82) is 0 Å². The van der Waals surface area contributed by atoms with E-state index in [4.69, 9.17) is 4.74 Å². The van der Waals surface area contributed by atoms with Crippen molar-refractivity contribution in [3.63, 3.8) is 0 Å². The quantitative estimate of drug-likeness (QED) is 0.504. The lowest BCUT2D eigenvalue weighted by Gasteiger charge is -2.13. The molecule has 2 heterocycles. The van der Waals surface area contributed by atoms with Crippen LogP contribution in [0.4, 0.5) is 0 Å². The molecular weight excluding hydrogens is 372 g/mol. The number of nitrogens with zero attached hydrogens (tertiary/aromatic N) is 1. The molecule has 6 heteroatoms. The number of hydrogen-bond donors (Lipinski definition) is 1. The van der Waals surface area contributed by atoms with Crippen molar-refractivity contribution in [1.82, 2.24) is 9.97 Å². The van der Waals surface area contributed by atoms with Crippen LogP contribution in [-0.2, 0) is 4.74 Å². The van der Waals surface area contributed by atoms with Crippen molar-refractivity contribution in [3.05, 3.63) is 86.6 Å². The molecule has 0 unspecified atom stereocenters. The Hall–Kier alpha value is -3.25. The van der Waals surface area contributed by atoms with Crippen LogP contribution in [0.5, 0.6) is 0 Å². The van der Waals surface area contributed by atoms with Gasteiger partial charge in [-0.15, -0.1) is 11.3 Å². The van der Waals surface area contributed by atoms with E-state index in [9.17, 15) is 9.59 Å². The molecule has 0 spiro atoms. The monoisotopic (exact) mass is 390 g/mol. The maximum Gasteiger partial charge on any atom is 0.349 e. The fourth-order valence-corrected chi connectivity index (χ4v) is 3.79. The van der Waals surface area contributed by atoms with Gasteiger partial charge in [0.1, 0.15) is 4.88 Å². The molecule has 0 aliphatic heterocycles. The molecule has 2 aromatic carbocycles. The van der Waals surface area contributed by atoms with Crippen molar-refractivity contribution in [2.45, 2.75) is 20.0 Å². The van der Waals surface area contributed by atoms with Gasteiger partial charge in [-0.2, -0.15) is 0 Å². The van der Waals surface area contributed by atoms with Crippen LogP contribution in [-0.4, -0.2) is 15.9 Å². The summed E-state index contributed by atoms with van der Waals surface area (Å²) < 4.78 is 5.61. The number of fused-ring (bicyclic) bond motifs is 1. The smallest absolute Gasteiger partial charge is 0.349 e. The van der Waals surface area contributed by atoms with Gasteiger partial charge in [0.15, 0.2) is 11.9 Å². The van der Waals surface area contributed by atoms with Gasteiger partial charge in [-0.3, -0.25) is 4.79 Å². The first-order chi connectivity index (χ1) is 13.5. The summed E-state index contributed by atoms with van der Waals surface area (Å²) in [6.45, 7) is 3.72. The topological polar surface area (TPSA) is 72.0 Å². The highest BCUT2D eigenvalue weighted by Gasteiger charge is 2.21. The molecule has 1 N–H and O–H groups in total. The Morgan fingerprint density at radius 3 is 2.64 bits per heavy atom. The minimum atomic E-state index is -0.683. The molecule has 0 fully saturated rings. The van der Waals surface area contributed by atoms with E-state index >= 15 is 0 Å². The maximum atomic E-state index is 12.8. The summed E-state index contributed by atoms with van der Waals surface area (Å²) in [5, 5.41) is 2.37. The Balaban J connectivity index is 1.60. The van der Waals surface area contributed by atoms with E-state index in [2.05, 4.69) is 9.97 Å². The third-order valence-electron chi connectivity index (χ3n) is 4.51. The van der Waals surface area contributed by atoms with Crippen LogP contribution in [0, 0.1) is 6.92 Å². The zero-order valence-corrected chi connectivity index (χ0v) is 16.2. The van der Waals surface area contributed by atoms with Gasteiger partial charge in [-0.1, -0.05) is 42.0 Å². The van der Waals surface area contributed by atoms with E-state index in [1.54, 1.807) is 25.1 Å². The number of aryl methyl sites for hydroxylation is 1. The molecule has 0 saturated carbocycles. The van der Waals surface area contributed by atoms with E-state index in [0.717, 1.165) is 16.7 Å². The largest absolute Gasteiger partial charge is 0.450 e. The minimum Gasteiger partial charge on any atom is -0.450 e. The molecule has 4 aromatic rings. The zero-order valence-electron chi connectivity index (χ0n) is 15.4. The number of carbonyl (C=O) groups is 1. The molecule has 4 rings (SSSR count). The summed E-state index contributed by atoms with van der Waals surface area (Å²) in [4.78, 5) is 32.7. The lowest BCUT2D eigenvalue weighted by Crippen LogP contribution is -2.17. The van der Waals surface area contributed by atoms with Gasteiger partial charge in [0, 0.05) is 5.56 Å². The number of thiophene rings is 1. The van der Waals surface area contributed by atoms with Crippen LogP contribution in [0.1, 0.15) is 34.1 Å². The van der Waals surface area contributed by atoms with Crippen molar-refractivity contribution >= 4 is 28.2 Å². The first-order valence-corrected chi connectivity index (χ1v) is 9.75. The molecule has 140 valence electrons. The summed E-state index contributed by atoms with van der Waals surface area (Å²) in [6.07, 6.45) is -0.683. The lowest BCUT2D eigenvalue weighted by atomic mass is 10.1. The highest BCUT2D eigenvalue weighted by molar-refractivity contribution is 7.12. The molecule has 2 aromatic heterocycles. The van der Waals surface area contributed by atoms with Gasteiger partial charge in [0.05, 0.1) is 10.9 Å². The van der Waals surface area contributed by atoms with Crippen LogP contribution in [0.15, 0.2) is 64.8 Å².